The Hall–Kier alpha value is -5.27. The zero-order valence-corrected chi connectivity index (χ0v) is 27.5. The van der Waals surface area contributed by atoms with Crippen molar-refractivity contribution in [3.63, 3.8) is 0 Å². The van der Waals surface area contributed by atoms with Gasteiger partial charge in [-0.3, -0.25) is 4.79 Å². The maximum absolute atomic E-state index is 14.0. The van der Waals surface area contributed by atoms with E-state index < -0.39 is 137 Å². The molecule has 14 N–H and O–H groups in total. The van der Waals surface area contributed by atoms with Gasteiger partial charge in [0.2, 0.25) is 0 Å². The summed E-state index contributed by atoms with van der Waals surface area (Å²) in [7, 11) is 0. The van der Waals surface area contributed by atoms with Crippen LogP contribution >= 0.6 is 0 Å². The number of aliphatic hydroxyl groups is 8. The van der Waals surface area contributed by atoms with Gasteiger partial charge in [-0.1, -0.05) is 12.1 Å². The third kappa shape index (κ3) is 6.52. The number of rotatable bonds is 8. The van der Waals surface area contributed by atoms with E-state index >= 15 is 0 Å². The second kappa shape index (κ2) is 14.3. The molecule has 6 rings (SSSR count). The average molecular weight is 743 g/mol. The molecule has 3 aromatic carbocycles. The minimum Gasteiger partial charge on any atom is -0.511 e. The number of aromatic hydroxyl groups is 6. The molecule has 0 saturated carbocycles. The Kier molecular flexibility index (Phi) is 10.1. The van der Waals surface area contributed by atoms with Gasteiger partial charge < -0.3 is 81.0 Å². The van der Waals surface area contributed by atoms with Gasteiger partial charge >= 0.3 is 0 Å². The number of carbonyl (C=O) groups is 1. The summed E-state index contributed by atoms with van der Waals surface area (Å²) in [5.41, 5.74) is -1.36. The summed E-state index contributed by atoms with van der Waals surface area (Å²) in [5.74, 6) is -10.4. The third-order valence-corrected chi connectivity index (χ3v) is 9.94. The first-order valence-corrected chi connectivity index (χ1v) is 16.4. The first-order chi connectivity index (χ1) is 25.0. The van der Waals surface area contributed by atoms with Gasteiger partial charge in [0.15, 0.2) is 29.1 Å². The van der Waals surface area contributed by atoms with Crippen molar-refractivity contribution in [2.75, 3.05) is 6.61 Å². The van der Waals surface area contributed by atoms with Crippen LogP contribution in [0.1, 0.15) is 35.1 Å². The van der Waals surface area contributed by atoms with E-state index in [9.17, 15) is 76.3 Å². The molecule has 3 aliphatic rings. The molecular weight excluding hydrogens is 704 g/mol. The van der Waals surface area contributed by atoms with E-state index in [2.05, 4.69) is 0 Å². The Morgan fingerprint density at radius 2 is 1.34 bits per heavy atom. The maximum Gasteiger partial charge on any atom is 0.157 e. The minimum absolute atomic E-state index is 0.0222. The molecular formula is C36H38O17. The van der Waals surface area contributed by atoms with Crippen LogP contribution in [0.4, 0.5) is 0 Å². The van der Waals surface area contributed by atoms with Crippen molar-refractivity contribution in [3.05, 3.63) is 87.9 Å². The number of phenolic OH excluding ortho intramolecular Hbond substituents is 6. The van der Waals surface area contributed by atoms with E-state index in [1.165, 1.54) is 24.3 Å². The summed E-state index contributed by atoms with van der Waals surface area (Å²) >= 11 is 0. The molecule has 0 radical (unpaired) electrons. The Morgan fingerprint density at radius 1 is 0.679 bits per heavy atom. The number of ketones is 1. The highest BCUT2D eigenvalue weighted by atomic mass is 16.5. The molecule has 10 atom stereocenters. The molecule has 0 amide bonds. The number of aryl methyl sites for hydroxylation is 1. The lowest BCUT2D eigenvalue weighted by molar-refractivity contribution is -0.220. The van der Waals surface area contributed by atoms with Gasteiger partial charge in [-0.25, -0.2) is 0 Å². The predicted octanol–water partition coefficient (Wildman–Crippen LogP) is 0.158. The first-order valence-electron chi connectivity index (χ1n) is 16.4. The lowest BCUT2D eigenvalue weighted by Gasteiger charge is -2.45. The number of ether oxygens (including phenoxy) is 2. The smallest absolute Gasteiger partial charge is 0.157 e. The fourth-order valence-corrected chi connectivity index (χ4v) is 7.22. The van der Waals surface area contributed by atoms with Crippen molar-refractivity contribution >= 4 is 5.78 Å². The summed E-state index contributed by atoms with van der Waals surface area (Å²) in [5, 5.41) is 151. The van der Waals surface area contributed by atoms with E-state index in [1.807, 2.05) is 0 Å². The van der Waals surface area contributed by atoms with Crippen LogP contribution in [0.25, 0.3) is 0 Å². The quantitative estimate of drug-likeness (QED) is 0.137. The summed E-state index contributed by atoms with van der Waals surface area (Å²) in [6.07, 6.45) is -15.8. The highest BCUT2D eigenvalue weighted by Gasteiger charge is 2.54. The number of Topliss-reactive ketones (excluding diaryl/α,β-unsaturated/α-hetero) is 1. The van der Waals surface area contributed by atoms with E-state index in [4.69, 9.17) is 9.47 Å². The monoisotopic (exact) mass is 742 g/mol. The first kappa shape index (κ1) is 37.5. The van der Waals surface area contributed by atoms with Gasteiger partial charge in [0.25, 0.3) is 0 Å². The highest BCUT2D eigenvalue weighted by Crippen LogP contribution is 2.55. The van der Waals surface area contributed by atoms with Crippen molar-refractivity contribution in [3.8, 4) is 40.2 Å². The molecule has 284 valence electrons. The molecule has 10 unspecified atom stereocenters. The molecule has 1 saturated heterocycles. The average Bonchev–Trinajstić information content (AvgIpc) is 3.10. The molecule has 0 bridgehead atoms. The topological polar surface area (TPSA) is 319 Å². The Morgan fingerprint density at radius 3 is 1.98 bits per heavy atom. The molecule has 1 fully saturated rings. The zero-order chi connectivity index (χ0) is 38.6. The third-order valence-electron chi connectivity index (χ3n) is 9.94. The maximum atomic E-state index is 14.0. The standard InChI is InChI=1S/C36H38O17/c37-11-22-28(45)33(50)34(51)36(53-22)27-30(47)24(17(41)5-2-12-1-4-15(39)18(42)7-12)29(46)26(31(27)48)25-23-20(44)9-14(38)10-21(23)52-35(32(25)49)13-3-6-16(40)19(43)8-13/h1,3-4,6-10,22,24-25,28-29,32-40,42-51H,2,5,11H2. The van der Waals surface area contributed by atoms with Crippen molar-refractivity contribution in [2.24, 2.45) is 5.92 Å². The fraction of sp³-hybridized carbons (Fsp3) is 0.361. The van der Waals surface area contributed by atoms with Crippen molar-refractivity contribution in [1.29, 1.82) is 0 Å². The number of fused-ring (bicyclic) bond motifs is 1. The van der Waals surface area contributed by atoms with Crippen LogP contribution in [-0.2, 0) is 16.0 Å². The second-order valence-corrected chi connectivity index (χ2v) is 13.2. The predicted molar refractivity (Wildman–Crippen MR) is 177 cm³/mol. The van der Waals surface area contributed by atoms with E-state index in [0.717, 1.165) is 24.3 Å². The van der Waals surface area contributed by atoms with Crippen LogP contribution in [0.2, 0.25) is 0 Å². The van der Waals surface area contributed by atoms with Crippen LogP contribution in [0, 0.1) is 5.92 Å². The summed E-state index contributed by atoms with van der Waals surface area (Å²) < 4.78 is 11.6. The molecule has 3 aromatic rings. The molecule has 17 heteroatoms. The number of hydrogen-bond donors (Lipinski definition) is 14. The number of carbonyl (C=O) groups excluding carboxylic acids is 1. The lowest BCUT2D eigenvalue weighted by atomic mass is 9.69. The second-order valence-electron chi connectivity index (χ2n) is 13.2. The van der Waals surface area contributed by atoms with Crippen LogP contribution in [0.3, 0.4) is 0 Å². The zero-order valence-electron chi connectivity index (χ0n) is 27.5. The fourth-order valence-electron chi connectivity index (χ4n) is 7.22. The van der Waals surface area contributed by atoms with Crippen LogP contribution < -0.4 is 4.74 Å². The number of phenols is 6. The largest absolute Gasteiger partial charge is 0.511 e. The summed E-state index contributed by atoms with van der Waals surface area (Å²) in [4.78, 5) is 14.0. The van der Waals surface area contributed by atoms with Gasteiger partial charge in [-0.05, 0) is 41.8 Å². The summed E-state index contributed by atoms with van der Waals surface area (Å²) in [6, 6.07) is 9.05. The van der Waals surface area contributed by atoms with Crippen molar-refractivity contribution in [1.82, 2.24) is 0 Å². The van der Waals surface area contributed by atoms with E-state index in [1.54, 1.807) is 0 Å². The lowest BCUT2D eigenvalue weighted by Crippen LogP contribution is -2.59. The van der Waals surface area contributed by atoms with Gasteiger partial charge in [-0.2, -0.15) is 0 Å². The number of hydrogen-bond acceptors (Lipinski definition) is 17. The van der Waals surface area contributed by atoms with E-state index in [-0.39, 0.29) is 23.3 Å². The molecule has 2 aliphatic heterocycles. The van der Waals surface area contributed by atoms with Crippen molar-refractivity contribution in [2.45, 2.75) is 67.6 Å². The van der Waals surface area contributed by atoms with Gasteiger partial charge in [-0.15, -0.1) is 0 Å². The van der Waals surface area contributed by atoms with Crippen LogP contribution in [-0.4, -0.2) is 127 Å². The SMILES string of the molecule is O=C(CCc1ccc(O)c(O)c1)C1C(O)=C(C2OC(CO)C(O)C(O)C2O)C(O)=C(C2c3c(O)cc(O)cc3OC(c3ccc(O)c(O)c3)C2O)C1O. The van der Waals surface area contributed by atoms with Crippen molar-refractivity contribution < 1.29 is 85.8 Å². The van der Waals surface area contributed by atoms with Crippen LogP contribution in [0.15, 0.2) is 71.2 Å². The normalized spacial score (nSPS) is 30.2. The molecule has 1 aliphatic carbocycles. The molecule has 17 nitrogen and oxygen atoms in total. The Balaban J connectivity index is 1.53. The van der Waals surface area contributed by atoms with Gasteiger partial charge in [0, 0.05) is 35.6 Å². The van der Waals surface area contributed by atoms with Gasteiger partial charge in [0.1, 0.15) is 77.1 Å². The van der Waals surface area contributed by atoms with Gasteiger partial charge in [0.05, 0.1) is 18.3 Å². The molecule has 0 aromatic heterocycles. The highest BCUT2D eigenvalue weighted by molar-refractivity contribution is 5.86. The summed E-state index contributed by atoms with van der Waals surface area (Å²) in [6.45, 7) is -0.915. The Labute approximate surface area is 299 Å². The number of aliphatic hydroxyl groups excluding tert-OH is 8. The molecule has 2 heterocycles. The Bertz CT molecular complexity index is 1970. The molecule has 53 heavy (non-hydrogen) atoms. The molecule has 0 spiro atoms. The number of benzene rings is 3. The van der Waals surface area contributed by atoms with E-state index in [0.29, 0.717) is 5.56 Å². The minimum atomic E-state index is -2.21. The van der Waals surface area contributed by atoms with Crippen LogP contribution in [0.5, 0.6) is 40.2 Å².